The predicted molar refractivity (Wildman–Crippen MR) is 89.9 cm³/mol. The monoisotopic (exact) mass is 357 g/mol. The van der Waals surface area contributed by atoms with Crippen LogP contribution in [0.4, 0.5) is 4.39 Å². The van der Waals surface area contributed by atoms with Gasteiger partial charge in [0.05, 0.1) is 0 Å². The van der Waals surface area contributed by atoms with Gasteiger partial charge >= 0.3 is 0 Å². The number of ketones is 1. The second kappa shape index (κ2) is 7.75. The first-order valence-electron chi connectivity index (χ1n) is 7.74. The van der Waals surface area contributed by atoms with E-state index in [1.165, 1.54) is 25.3 Å². The Morgan fingerprint density at radius 2 is 2.08 bits per heavy atom. The summed E-state index contributed by atoms with van der Waals surface area (Å²) in [6, 6.07) is 9.18. The van der Waals surface area contributed by atoms with Crippen LogP contribution in [0.25, 0.3) is 5.76 Å². The lowest BCUT2D eigenvalue weighted by Gasteiger charge is -1.98. The molecule has 0 amide bonds. The summed E-state index contributed by atoms with van der Waals surface area (Å²) in [6.07, 6.45) is 1.41. The van der Waals surface area contributed by atoms with Crippen molar-refractivity contribution < 1.29 is 23.4 Å². The van der Waals surface area contributed by atoms with E-state index in [2.05, 4.69) is 15.2 Å². The molecular formula is C18H16FN3O4. The quantitative estimate of drug-likeness (QED) is 0.383. The van der Waals surface area contributed by atoms with Crippen LogP contribution in [-0.2, 0) is 17.8 Å². The van der Waals surface area contributed by atoms with Crippen molar-refractivity contribution in [3.8, 4) is 0 Å². The Morgan fingerprint density at radius 1 is 1.31 bits per heavy atom. The number of carbonyl (C=O) groups is 1. The molecule has 0 saturated carbocycles. The van der Waals surface area contributed by atoms with Gasteiger partial charge in [-0.1, -0.05) is 12.1 Å². The molecule has 3 aromatic rings. The van der Waals surface area contributed by atoms with Crippen molar-refractivity contribution in [2.75, 3.05) is 7.11 Å². The molecular weight excluding hydrogens is 341 g/mol. The fraction of sp³-hybridized carbons (Fsp3) is 0.167. The third kappa shape index (κ3) is 4.22. The minimum atomic E-state index is -0.522. The van der Waals surface area contributed by atoms with Crippen molar-refractivity contribution in [1.29, 1.82) is 0 Å². The summed E-state index contributed by atoms with van der Waals surface area (Å²) < 4.78 is 23.3. The maximum absolute atomic E-state index is 12.9. The number of ether oxygens (including phenoxy) is 1. The Labute approximate surface area is 148 Å². The second-order valence-corrected chi connectivity index (χ2v) is 5.50. The van der Waals surface area contributed by atoms with Gasteiger partial charge in [-0.15, -0.1) is 5.10 Å². The van der Waals surface area contributed by atoms with Gasteiger partial charge in [-0.05, 0) is 29.8 Å². The highest BCUT2D eigenvalue weighted by molar-refractivity contribution is 6.05. The molecule has 0 aliphatic rings. The zero-order valence-corrected chi connectivity index (χ0v) is 13.9. The van der Waals surface area contributed by atoms with Crippen LogP contribution in [0.1, 0.15) is 33.5 Å². The van der Waals surface area contributed by atoms with E-state index in [1.54, 1.807) is 18.2 Å². The number of nitrogens with one attached hydrogen (secondary N) is 1. The van der Waals surface area contributed by atoms with Crippen LogP contribution in [-0.4, -0.2) is 33.2 Å². The number of aromatic nitrogens is 3. The number of rotatable bonds is 7. The molecule has 2 N–H and O–H groups in total. The lowest BCUT2D eigenvalue weighted by Crippen LogP contribution is -1.96. The number of nitrogens with zero attached hydrogens (tertiary/aromatic N) is 2. The van der Waals surface area contributed by atoms with E-state index in [9.17, 15) is 14.3 Å². The van der Waals surface area contributed by atoms with Crippen LogP contribution < -0.4 is 0 Å². The van der Waals surface area contributed by atoms with Crippen LogP contribution >= 0.6 is 0 Å². The number of aliphatic hydroxyl groups excluding tert-OH is 1. The Balaban J connectivity index is 1.69. The highest BCUT2D eigenvalue weighted by atomic mass is 19.1. The summed E-state index contributed by atoms with van der Waals surface area (Å²) in [7, 11) is 1.50. The standard InChI is InChI=1S/C18H16FN3O4/c1-25-10-17-20-18(22-21-17)15(24)9-14(23)16-7-6-13(26-16)8-11-2-4-12(19)5-3-11/h2-7,9,24H,8,10H2,1H3,(H,20,21,22)/b15-9+. The van der Waals surface area contributed by atoms with Crippen molar-refractivity contribution in [3.63, 3.8) is 0 Å². The number of hydrogen-bond donors (Lipinski definition) is 2. The number of halogens is 1. The fourth-order valence-corrected chi connectivity index (χ4v) is 2.28. The number of carbonyl (C=O) groups excluding carboxylic acids is 1. The number of aromatic amines is 1. The summed E-state index contributed by atoms with van der Waals surface area (Å²) in [5.74, 6) is -0.186. The molecule has 0 spiro atoms. The molecule has 2 aromatic heterocycles. The second-order valence-electron chi connectivity index (χ2n) is 5.50. The third-order valence-corrected chi connectivity index (χ3v) is 3.51. The van der Waals surface area contributed by atoms with Crippen molar-refractivity contribution in [1.82, 2.24) is 15.2 Å². The first kappa shape index (κ1) is 17.6. The SMILES string of the molecule is COCc1nc(/C(O)=C\C(=O)c2ccc(Cc3ccc(F)cc3)o2)n[nH]1. The molecule has 7 nitrogen and oxygen atoms in total. The van der Waals surface area contributed by atoms with Gasteiger partial charge in [-0.25, -0.2) is 9.37 Å². The average molecular weight is 357 g/mol. The molecule has 0 aliphatic carbocycles. The van der Waals surface area contributed by atoms with E-state index in [0.717, 1.165) is 11.6 Å². The van der Waals surface area contributed by atoms with Crippen LogP contribution in [0.3, 0.4) is 0 Å². The Bertz CT molecular complexity index is 928. The predicted octanol–water partition coefficient (Wildman–Crippen LogP) is 3.06. The molecule has 1 aromatic carbocycles. The van der Waals surface area contributed by atoms with Crippen LogP contribution in [0.2, 0.25) is 0 Å². The van der Waals surface area contributed by atoms with E-state index in [1.807, 2.05) is 0 Å². The molecule has 0 bridgehead atoms. The van der Waals surface area contributed by atoms with Gasteiger partial charge in [0.15, 0.2) is 17.3 Å². The summed E-state index contributed by atoms with van der Waals surface area (Å²) >= 11 is 0. The van der Waals surface area contributed by atoms with E-state index in [-0.39, 0.29) is 29.8 Å². The fourth-order valence-electron chi connectivity index (χ4n) is 2.28. The van der Waals surface area contributed by atoms with Crippen LogP contribution in [0.15, 0.2) is 46.9 Å². The van der Waals surface area contributed by atoms with Gasteiger partial charge in [0.1, 0.15) is 18.2 Å². The minimum absolute atomic E-state index is 0.0107. The molecule has 0 atom stereocenters. The van der Waals surface area contributed by atoms with Gasteiger partial charge in [0, 0.05) is 19.6 Å². The highest BCUT2D eigenvalue weighted by Gasteiger charge is 2.14. The van der Waals surface area contributed by atoms with Crippen molar-refractivity contribution in [2.24, 2.45) is 0 Å². The molecule has 134 valence electrons. The van der Waals surface area contributed by atoms with Crippen LogP contribution in [0.5, 0.6) is 0 Å². The molecule has 8 heteroatoms. The zero-order valence-electron chi connectivity index (χ0n) is 13.9. The molecule has 0 radical (unpaired) electrons. The summed E-state index contributed by atoms with van der Waals surface area (Å²) in [5, 5.41) is 16.4. The zero-order chi connectivity index (χ0) is 18.5. The van der Waals surface area contributed by atoms with Crippen molar-refractivity contribution in [2.45, 2.75) is 13.0 Å². The minimum Gasteiger partial charge on any atom is -0.504 e. The number of furan rings is 1. The first-order valence-corrected chi connectivity index (χ1v) is 7.74. The molecule has 3 rings (SSSR count). The summed E-state index contributed by atoms with van der Waals surface area (Å²) in [5.41, 5.74) is 0.851. The maximum Gasteiger partial charge on any atom is 0.224 e. The number of aliphatic hydroxyl groups is 1. The Kier molecular flexibility index (Phi) is 5.23. The molecule has 0 saturated heterocycles. The largest absolute Gasteiger partial charge is 0.504 e. The van der Waals surface area contributed by atoms with E-state index < -0.39 is 5.78 Å². The normalized spacial score (nSPS) is 11.7. The van der Waals surface area contributed by atoms with Crippen molar-refractivity contribution in [3.05, 3.63) is 77.0 Å². The molecule has 0 aliphatic heterocycles. The number of allylic oxidation sites excluding steroid dienone is 1. The van der Waals surface area contributed by atoms with Gasteiger partial charge < -0.3 is 14.3 Å². The van der Waals surface area contributed by atoms with E-state index in [0.29, 0.717) is 18.0 Å². The van der Waals surface area contributed by atoms with Crippen LogP contribution in [0, 0.1) is 5.82 Å². The lowest BCUT2D eigenvalue weighted by molar-refractivity contribution is 0.101. The molecule has 2 heterocycles. The molecule has 0 fully saturated rings. The number of hydrogen-bond acceptors (Lipinski definition) is 6. The van der Waals surface area contributed by atoms with Gasteiger partial charge in [0.2, 0.25) is 11.6 Å². The smallest absolute Gasteiger partial charge is 0.224 e. The first-order chi connectivity index (χ1) is 12.5. The lowest BCUT2D eigenvalue weighted by atomic mass is 10.1. The van der Waals surface area contributed by atoms with Gasteiger partial charge in [-0.2, -0.15) is 0 Å². The van der Waals surface area contributed by atoms with E-state index in [4.69, 9.17) is 9.15 Å². The Morgan fingerprint density at radius 3 is 2.81 bits per heavy atom. The number of benzene rings is 1. The highest BCUT2D eigenvalue weighted by Crippen LogP contribution is 2.16. The number of methoxy groups -OCH3 is 1. The average Bonchev–Trinajstić information content (AvgIpc) is 3.27. The molecule has 26 heavy (non-hydrogen) atoms. The summed E-state index contributed by atoms with van der Waals surface area (Å²) in [6.45, 7) is 0.207. The third-order valence-electron chi connectivity index (χ3n) is 3.51. The van der Waals surface area contributed by atoms with Crippen molar-refractivity contribution >= 4 is 11.5 Å². The number of H-pyrrole nitrogens is 1. The van der Waals surface area contributed by atoms with Gasteiger partial charge in [0.25, 0.3) is 0 Å². The maximum atomic E-state index is 12.9. The summed E-state index contributed by atoms with van der Waals surface area (Å²) in [4.78, 5) is 16.2. The van der Waals surface area contributed by atoms with Gasteiger partial charge in [-0.3, -0.25) is 9.89 Å². The van der Waals surface area contributed by atoms with E-state index >= 15 is 0 Å². The Hall–Kier alpha value is -3.26. The molecule has 0 unspecified atom stereocenters. The topological polar surface area (TPSA) is 101 Å².